The Hall–Kier alpha value is -0.910. The molecule has 2 aliphatic rings. The lowest BCUT2D eigenvalue weighted by molar-refractivity contribution is 0.346. The molecule has 1 saturated heterocycles. The van der Waals surface area contributed by atoms with Crippen molar-refractivity contribution in [3.63, 3.8) is 0 Å². The molecule has 0 radical (unpaired) electrons. The van der Waals surface area contributed by atoms with Crippen LogP contribution in [0.3, 0.4) is 0 Å². The van der Waals surface area contributed by atoms with Gasteiger partial charge in [-0.2, -0.15) is 4.31 Å². The van der Waals surface area contributed by atoms with E-state index in [1.165, 1.54) is 12.8 Å². The van der Waals surface area contributed by atoms with Crippen molar-refractivity contribution in [2.24, 2.45) is 0 Å². The summed E-state index contributed by atoms with van der Waals surface area (Å²) >= 11 is 0. The van der Waals surface area contributed by atoms with Crippen LogP contribution in [0.1, 0.15) is 43.2 Å². The number of sulfonamides is 1. The predicted octanol–water partition coefficient (Wildman–Crippen LogP) is 2.42. The maximum Gasteiger partial charge on any atom is 0.243 e. The van der Waals surface area contributed by atoms with Crippen molar-refractivity contribution in [2.45, 2.75) is 56.5 Å². The van der Waals surface area contributed by atoms with Gasteiger partial charge in [0.2, 0.25) is 10.0 Å². The Kier molecular flexibility index (Phi) is 4.33. The molecule has 1 aliphatic carbocycles. The molecule has 21 heavy (non-hydrogen) atoms. The van der Waals surface area contributed by atoms with Crippen LogP contribution >= 0.6 is 0 Å². The Labute approximate surface area is 127 Å². The van der Waals surface area contributed by atoms with Crippen LogP contribution in [0.5, 0.6) is 0 Å². The fraction of sp³-hybridized carbons (Fsp3) is 0.625. The quantitative estimate of drug-likeness (QED) is 0.909. The van der Waals surface area contributed by atoms with Crippen LogP contribution < -0.4 is 5.32 Å². The topological polar surface area (TPSA) is 49.4 Å². The second kappa shape index (κ2) is 6.07. The highest BCUT2D eigenvalue weighted by atomic mass is 32.2. The average molecular weight is 308 g/mol. The van der Waals surface area contributed by atoms with Gasteiger partial charge in [0.1, 0.15) is 0 Å². The average Bonchev–Trinajstić information content (AvgIpc) is 3.31. The third kappa shape index (κ3) is 3.47. The first-order valence-corrected chi connectivity index (χ1v) is 9.34. The van der Waals surface area contributed by atoms with Crippen molar-refractivity contribution in [1.29, 1.82) is 0 Å². The van der Waals surface area contributed by atoms with Crippen molar-refractivity contribution >= 4 is 10.0 Å². The number of nitrogens with zero attached hydrogens (tertiary/aromatic N) is 1. The second-order valence-corrected chi connectivity index (χ2v) is 8.13. The van der Waals surface area contributed by atoms with E-state index in [-0.39, 0.29) is 0 Å². The van der Waals surface area contributed by atoms with E-state index in [0.717, 1.165) is 36.9 Å². The molecule has 1 N–H and O–H groups in total. The number of hydrogen-bond acceptors (Lipinski definition) is 3. The molecule has 0 amide bonds. The summed E-state index contributed by atoms with van der Waals surface area (Å²) in [5, 5.41) is 3.44. The van der Waals surface area contributed by atoms with E-state index in [1.54, 1.807) is 4.31 Å². The smallest absolute Gasteiger partial charge is 0.243 e. The first kappa shape index (κ1) is 15.0. The van der Waals surface area contributed by atoms with Crippen LogP contribution in [0.25, 0.3) is 0 Å². The molecule has 0 bridgehead atoms. The fourth-order valence-corrected chi connectivity index (χ4v) is 4.62. The molecule has 1 aromatic carbocycles. The summed E-state index contributed by atoms with van der Waals surface area (Å²) in [5.74, 6) is 0. The van der Waals surface area contributed by atoms with Crippen molar-refractivity contribution in [3.05, 3.63) is 29.3 Å². The van der Waals surface area contributed by atoms with Gasteiger partial charge < -0.3 is 5.32 Å². The van der Waals surface area contributed by atoms with Gasteiger partial charge in [0.25, 0.3) is 0 Å². The summed E-state index contributed by atoms with van der Waals surface area (Å²) in [6.07, 6.45) is 5.56. The summed E-state index contributed by atoms with van der Waals surface area (Å²) in [4.78, 5) is 0.486. The van der Waals surface area contributed by atoms with Gasteiger partial charge in [0, 0.05) is 25.7 Å². The van der Waals surface area contributed by atoms with Gasteiger partial charge in [0.05, 0.1) is 4.90 Å². The molecule has 0 aromatic heterocycles. The van der Waals surface area contributed by atoms with Crippen LogP contribution in [0.15, 0.2) is 23.1 Å². The molecule has 1 aliphatic heterocycles. The fourth-order valence-electron chi connectivity index (χ4n) is 2.83. The van der Waals surface area contributed by atoms with E-state index in [4.69, 9.17) is 0 Å². The molecule has 4 nitrogen and oxygen atoms in total. The van der Waals surface area contributed by atoms with E-state index in [0.29, 0.717) is 24.0 Å². The van der Waals surface area contributed by atoms with E-state index in [9.17, 15) is 8.42 Å². The summed E-state index contributed by atoms with van der Waals surface area (Å²) in [6, 6.07) is 6.45. The Morgan fingerprint density at radius 1 is 1.19 bits per heavy atom. The molecule has 1 heterocycles. The molecular formula is C16H24N2O2S. The maximum absolute atomic E-state index is 12.8. The van der Waals surface area contributed by atoms with Crippen molar-refractivity contribution in [1.82, 2.24) is 9.62 Å². The van der Waals surface area contributed by atoms with Gasteiger partial charge in [-0.3, -0.25) is 0 Å². The van der Waals surface area contributed by atoms with Crippen LogP contribution in [0.4, 0.5) is 0 Å². The lowest BCUT2D eigenvalue weighted by Crippen LogP contribution is -2.36. The van der Waals surface area contributed by atoms with E-state index < -0.39 is 10.0 Å². The minimum atomic E-state index is -3.33. The molecule has 1 saturated carbocycles. The number of hydrogen-bond donors (Lipinski definition) is 1. The Morgan fingerprint density at radius 2 is 1.90 bits per heavy atom. The second-order valence-electron chi connectivity index (χ2n) is 6.22. The van der Waals surface area contributed by atoms with Gasteiger partial charge in [-0.1, -0.05) is 18.6 Å². The number of aryl methyl sites for hydroxylation is 1. The first-order chi connectivity index (χ1) is 10.1. The normalized spacial score (nSPS) is 20.6. The Morgan fingerprint density at radius 3 is 2.57 bits per heavy atom. The van der Waals surface area contributed by atoms with E-state index >= 15 is 0 Å². The highest BCUT2D eigenvalue weighted by Gasteiger charge is 2.27. The van der Waals surface area contributed by atoms with Crippen LogP contribution in [-0.4, -0.2) is 31.9 Å². The summed E-state index contributed by atoms with van der Waals surface area (Å²) in [7, 11) is -3.33. The minimum Gasteiger partial charge on any atom is -0.310 e. The SMILES string of the molecule is Cc1ccc(CNC2CC2)cc1S(=O)(=O)N1CCCCC1. The number of rotatable bonds is 5. The molecule has 0 unspecified atom stereocenters. The molecule has 2 fully saturated rings. The van der Waals surface area contributed by atoms with Gasteiger partial charge in [0.15, 0.2) is 0 Å². The zero-order valence-electron chi connectivity index (χ0n) is 12.6. The van der Waals surface area contributed by atoms with Gasteiger partial charge >= 0.3 is 0 Å². The zero-order chi connectivity index (χ0) is 14.9. The largest absolute Gasteiger partial charge is 0.310 e. The molecule has 1 aromatic rings. The monoisotopic (exact) mass is 308 g/mol. The van der Waals surface area contributed by atoms with Gasteiger partial charge in [-0.15, -0.1) is 0 Å². The number of benzene rings is 1. The Bertz CT molecular complexity index is 603. The standard InChI is InChI=1S/C16H24N2O2S/c1-13-5-6-14(12-17-15-7-8-15)11-16(13)21(19,20)18-9-3-2-4-10-18/h5-6,11,15,17H,2-4,7-10,12H2,1H3. The molecule has 3 rings (SSSR count). The lowest BCUT2D eigenvalue weighted by atomic mass is 10.1. The number of nitrogens with one attached hydrogen (secondary N) is 1. The summed E-state index contributed by atoms with van der Waals surface area (Å²) in [6.45, 7) is 3.96. The van der Waals surface area contributed by atoms with E-state index in [1.807, 2.05) is 25.1 Å². The molecule has 5 heteroatoms. The molecular weight excluding hydrogens is 284 g/mol. The third-order valence-corrected chi connectivity index (χ3v) is 6.40. The maximum atomic E-state index is 12.8. The predicted molar refractivity (Wildman–Crippen MR) is 83.7 cm³/mol. The van der Waals surface area contributed by atoms with Crippen molar-refractivity contribution in [2.75, 3.05) is 13.1 Å². The Balaban J connectivity index is 1.82. The van der Waals surface area contributed by atoms with Crippen molar-refractivity contribution in [3.8, 4) is 0 Å². The molecule has 0 atom stereocenters. The zero-order valence-corrected chi connectivity index (χ0v) is 13.5. The van der Waals surface area contributed by atoms with Crippen LogP contribution in [-0.2, 0) is 16.6 Å². The van der Waals surface area contributed by atoms with Crippen LogP contribution in [0.2, 0.25) is 0 Å². The third-order valence-electron chi connectivity index (χ3n) is 4.36. The highest BCUT2D eigenvalue weighted by Crippen LogP contribution is 2.25. The van der Waals surface area contributed by atoms with Crippen molar-refractivity contribution < 1.29 is 8.42 Å². The highest BCUT2D eigenvalue weighted by molar-refractivity contribution is 7.89. The van der Waals surface area contributed by atoms with Gasteiger partial charge in [-0.25, -0.2) is 8.42 Å². The summed E-state index contributed by atoms with van der Waals surface area (Å²) < 4.78 is 27.3. The lowest BCUT2D eigenvalue weighted by Gasteiger charge is -2.26. The van der Waals surface area contributed by atoms with Gasteiger partial charge in [-0.05, 0) is 49.8 Å². The summed E-state index contributed by atoms with van der Waals surface area (Å²) in [5.41, 5.74) is 1.90. The molecule has 116 valence electrons. The minimum absolute atomic E-state index is 0.486. The molecule has 0 spiro atoms. The van der Waals surface area contributed by atoms with E-state index in [2.05, 4.69) is 5.32 Å². The number of piperidine rings is 1. The van der Waals surface area contributed by atoms with Crippen LogP contribution in [0, 0.1) is 6.92 Å². The first-order valence-electron chi connectivity index (χ1n) is 7.90.